The zero-order valence-corrected chi connectivity index (χ0v) is 12.1. The first-order valence-electron chi connectivity index (χ1n) is 6.26. The Morgan fingerprint density at radius 2 is 2.12 bits per heavy atom. The minimum atomic E-state index is 0.332. The van der Waals surface area contributed by atoms with Crippen LogP contribution in [0, 0.1) is 5.92 Å². The molecule has 0 aromatic heterocycles. The van der Waals surface area contributed by atoms with Gasteiger partial charge < -0.3 is 9.64 Å². The normalized spacial score (nSPS) is 26.5. The SMILES string of the molecule is CC1CN(C)CCCC1Oc1ccccc1Br. The standard InChI is InChI=1S/C14H20BrNO/c1-11-10-16(2)9-5-8-13(11)17-14-7-4-3-6-12(14)15/h3-4,6-7,11,13H,5,8-10H2,1-2H3. The summed E-state index contributed by atoms with van der Waals surface area (Å²) in [4.78, 5) is 2.40. The molecule has 0 aliphatic carbocycles. The molecule has 1 aliphatic rings. The first-order valence-corrected chi connectivity index (χ1v) is 7.06. The highest BCUT2D eigenvalue weighted by molar-refractivity contribution is 9.10. The van der Waals surface area contributed by atoms with Gasteiger partial charge in [0.05, 0.1) is 4.47 Å². The lowest BCUT2D eigenvalue weighted by molar-refractivity contribution is 0.130. The van der Waals surface area contributed by atoms with Crippen LogP contribution >= 0.6 is 15.9 Å². The van der Waals surface area contributed by atoms with Gasteiger partial charge in [-0.1, -0.05) is 19.1 Å². The second-order valence-corrected chi connectivity index (χ2v) is 5.82. The van der Waals surface area contributed by atoms with E-state index in [1.165, 1.54) is 13.0 Å². The fourth-order valence-electron chi connectivity index (χ4n) is 2.43. The predicted octanol–water partition coefficient (Wildman–Crippen LogP) is 3.56. The Balaban J connectivity index is 2.05. The van der Waals surface area contributed by atoms with E-state index in [9.17, 15) is 0 Å². The number of benzene rings is 1. The van der Waals surface area contributed by atoms with Gasteiger partial charge >= 0.3 is 0 Å². The number of rotatable bonds is 2. The van der Waals surface area contributed by atoms with Crippen LogP contribution in [-0.4, -0.2) is 31.1 Å². The number of para-hydroxylation sites is 1. The van der Waals surface area contributed by atoms with E-state index in [1.54, 1.807) is 0 Å². The van der Waals surface area contributed by atoms with Crippen molar-refractivity contribution in [1.29, 1.82) is 0 Å². The van der Waals surface area contributed by atoms with Crippen LogP contribution in [0.5, 0.6) is 5.75 Å². The molecule has 0 bridgehead atoms. The van der Waals surface area contributed by atoms with Crippen molar-refractivity contribution in [3.8, 4) is 5.75 Å². The summed E-state index contributed by atoms with van der Waals surface area (Å²) in [5.41, 5.74) is 0. The number of ether oxygens (including phenoxy) is 1. The van der Waals surface area contributed by atoms with Crippen LogP contribution in [-0.2, 0) is 0 Å². The minimum absolute atomic E-state index is 0.332. The van der Waals surface area contributed by atoms with Gasteiger partial charge in [-0.05, 0) is 54.5 Å². The van der Waals surface area contributed by atoms with Crippen molar-refractivity contribution in [1.82, 2.24) is 4.90 Å². The summed E-state index contributed by atoms with van der Waals surface area (Å²) in [5.74, 6) is 1.54. The van der Waals surface area contributed by atoms with Crippen LogP contribution < -0.4 is 4.74 Å². The third-order valence-electron chi connectivity index (χ3n) is 3.38. The van der Waals surface area contributed by atoms with Crippen molar-refractivity contribution in [3.63, 3.8) is 0 Å². The van der Waals surface area contributed by atoms with Crippen molar-refractivity contribution in [2.24, 2.45) is 5.92 Å². The maximum absolute atomic E-state index is 6.15. The highest BCUT2D eigenvalue weighted by Crippen LogP contribution is 2.28. The highest BCUT2D eigenvalue weighted by atomic mass is 79.9. The van der Waals surface area contributed by atoms with Crippen LogP contribution in [0.1, 0.15) is 19.8 Å². The zero-order chi connectivity index (χ0) is 12.3. The lowest BCUT2D eigenvalue weighted by Gasteiger charge is -2.24. The largest absolute Gasteiger partial charge is 0.489 e. The molecule has 0 N–H and O–H groups in total. The third-order valence-corrected chi connectivity index (χ3v) is 4.03. The van der Waals surface area contributed by atoms with Gasteiger partial charge in [0.1, 0.15) is 11.9 Å². The lowest BCUT2D eigenvalue weighted by atomic mass is 10.0. The van der Waals surface area contributed by atoms with E-state index in [4.69, 9.17) is 4.74 Å². The van der Waals surface area contributed by atoms with E-state index in [0.29, 0.717) is 12.0 Å². The first kappa shape index (κ1) is 12.9. The Kier molecular flexibility index (Phi) is 4.46. The van der Waals surface area contributed by atoms with Crippen LogP contribution in [0.2, 0.25) is 0 Å². The van der Waals surface area contributed by atoms with Crippen molar-refractivity contribution in [2.45, 2.75) is 25.9 Å². The molecule has 0 amide bonds. The molecule has 2 nitrogen and oxygen atoms in total. The third kappa shape index (κ3) is 3.46. The van der Waals surface area contributed by atoms with Gasteiger partial charge in [-0.25, -0.2) is 0 Å². The monoisotopic (exact) mass is 297 g/mol. The summed E-state index contributed by atoms with van der Waals surface area (Å²) >= 11 is 3.54. The number of nitrogens with zero attached hydrogens (tertiary/aromatic N) is 1. The molecule has 17 heavy (non-hydrogen) atoms. The van der Waals surface area contributed by atoms with Crippen molar-refractivity contribution in [2.75, 3.05) is 20.1 Å². The van der Waals surface area contributed by atoms with Gasteiger partial charge in [-0.2, -0.15) is 0 Å². The van der Waals surface area contributed by atoms with Crippen LogP contribution in [0.3, 0.4) is 0 Å². The highest BCUT2D eigenvalue weighted by Gasteiger charge is 2.24. The van der Waals surface area contributed by atoms with Gasteiger partial charge in [-0.15, -0.1) is 0 Å². The molecular formula is C14H20BrNO. The second kappa shape index (κ2) is 5.87. The van der Waals surface area contributed by atoms with Crippen molar-refractivity contribution in [3.05, 3.63) is 28.7 Å². The Morgan fingerprint density at radius 3 is 2.88 bits per heavy atom. The van der Waals surface area contributed by atoms with Gasteiger partial charge in [0.15, 0.2) is 0 Å². The van der Waals surface area contributed by atoms with E-state index >= 15 is 0 Å². The molecule has 3 heteroatoms. The summed E-state index contributed by atoms with van der Waals surface area (Å²) in [5, 5.41) is 0. The molecule has 1 saturated heterocycles. The van der Waals surface area contributed by atoms with Crippen molar-refractivity contribution >= 4 is 15.9 Å². The second-order valence-electron chi connectivity index (χ2n) is 4.97. The zero-order valence-electron chi connectivity index (χ0n) is 10.5. The molecule has 94 valence electrons. The minimum Gasteiger partial charge on any atom is -0.489 e. The topological polar surface area (TPSA) is 12.5 Å². The number of halogens is 1. The maximum atomic E-state index is 6.15. The summed E-state index contributed by atoms with van der Waals surface area (Å²) in [7, 11) is 2.19. The molecule has 2 unspecified atom stereocenters. The number of likely N-dealkylation sites (tertiary alicyclic amines) is 1. The molecule has 1 aromatic rings. The Hall–Kier alpha value is -0.540. The van der Waals surface area contributed by atoms with E-state index in [0.717, 1.165) is 23.2 Å². The van der Waals surface area contributed by atoms with E-state index in [2.05, 4.69) is 34.8 Å². The van der Waals surface area contributed by atoms with Gasteiger partial charge in [-0.3, -0.25) is 0 Å². The summed E-state index contributed by atoms with van der Waals surface area (Å²) < 4.78 is 7.20. The first-order chi connectivity index (χ1) is 8.16. The van der Waals surface area contributed by atoms with E-state index < -0.39 is 0 Å². The summed E-state index contributed by atoms with van der Waals surface area (Å²) in [6.45, 7) is 4.58. The van der Waals surface area contributed by atoms with Gasteiger partial charge in [0.25, 0.3) is 0 Å². The average Bonchev–Trinajstić information content (AvgIpc) is 2.44. The van der Waals surface area contributed by atoms with E-state index in [1.807, 2.05) is 24.3 Å². The van der Waals surface area contributed by atoms with Gasteiger partial charge in [0.2, 0.25) is 0 Å². The summed E-state index contributed by atoms with van der Waals surface area (Å²) in [6, 6.07) is 8.10. The smallest absolute Gasteiger partial charge is 0.133 e. The molecule has 2 atom stereocenters. The van der Waals surface area contributed by atoms with E-state index in [-0.39, 0.29) is 0 Å². The Bertz CT molecular complexity index is 369. The number of hydrogen-bond donors (Lipinski definition) is 0. The molecular weight excluding hydrogens is 278 g/mol. The molecule has 0 spiro atoms. The van der Waals surface area contributed by atoms with Crippen molar-refractivity contribution < 1.29 is 4.74 Å². The van der Waals surface area contributed by atoms with Gasteiger partial charge in [0, 0.05) is 12.5 Å². The lowest BCUT2D eigenvalue weighted by Crippen LogP contribution is -2.30. The average molecular weight is 298 g/mol. The maximum Gasteiger partial charge on any atom is 0.133 e. The molecule has 0 saturated carbocycles. The molecule has 1 aromatic carbocycles. The van der Waals surface area contributed by atoms with Crippen LogP contribution in [0.25, 0.3) is 0 Å². The molecule has 1 fully saturated rings. The quantitative estimate of drug-likeness (QED) is 0.828. The Morgan fingerprint density at radius 1 is 1.35 bits per heavy atom. The molecule has 1 aliphatic heterocycles. The van der Waals surface area contributed by atoms with Crippen LogP contribution in [0.4, 0.5) is 0 Å². The summed E-state index contributed by atoms with van der Waals surface area (Å²) in [6.07, 6.45) is 2.70. The van der Waals surface area contributed by atoms with Crippen LogP contribution in [0.15, 0.2) is 28.7 Å². The molecule has 0 radical (unpaired) electrons. The molecule has 2 rings (SSSR count). The predicted molar refractivity (Wildman–Crippen MR) is 74.5 cm³/mol. The Labute approximate surface area is 112 Å². The molecule has 1 heterocycles. The fraction of sp³-hybridized carbons (Fsp3) is 0.571. The fourth-order valence-corrected chi connectivity index (χ4v) is 2.80. The number of hydrogen-bond acceptors (Lipinski definition) is 2.